The second-order valence-corrected chi connectivity index (χ2v) is 5.58. The lowest BCUT2D eigenvalue weighted by Crippen LogP contribution is -2.18. The van der Waals surface area contributed by atoms with Crippen molar-refractivity contribution in [3.05, 3.63) is 34.9 Å². The van der Waals surface area contributed by atoms with Crippen LogP contribution < -0.4 is 0 Å². The van der Waals surface area contributed by atoms with Gasteiger partial charge in [0.15, 0.2) is 0 Å². The van der Waals surface area contributed by atoms with Gasteiger partial charge in [-0.3, -0.25) is 0 Å². The van der Waals surface area contributed by atoms with E-state index in [2.05, 4.69) is 32.8 Å². The molecule has 0 spiro atoms. The fourth-order valence-corrected chi connectivity index (χ4v) is 2.63. The molecule has 1 aliphatic carbocycles. The summed E-state index contributed by atoms with van der Waals surface area (Å²) in [4.78, 5) is -0.189. The third-order valence-electron chi connectivity index (χ3n) is 3.01. The number of hydrogen-bond donors (Lipinski definition) is 0. The Morgan fingerprint density at radius 3 is 2.67 bits per heavy atom. The molecule has 2 rings (SSSR count). The molecule has 0 saturated heterocycles. The monoisotopic (exact) mass is 322 g/mol. The molecule has 5 heteroatoms. The maximum Gasteiger partial charge on any atom is 0.411 e. The van der Waals surface area contributed by atoms with Gasteiger partial charge in [0.2, 0.25) is 0 Å². The molecule has 0 fully saturated rings. The van der Waals surface area contributed by atoms with Crippen LogP contribution in [-0.4, -0.2) is 19.4 Å². The average Bonchev–Trinajstić information content (AvgIpc) is 2.73. The van der Waals surface area contributed by atoms with Crippen molar-refractivity contribution in [1.29, 1.82) is 0 Å². The molecule has 0 bridgehead atoms. The van der Waals surface area contributed by atoms with Crippen molar-refractivity contribution < 1.29 is 17.9 Å². The second kappa shape index (κ2) is 5.61. The van der Waals surface area contributed by atoms with Crippen molar-refractivity contribution >= 4 is 15.9 Å². The van der Waals surface area contributed by atoms with Crippen LogP contribution in [0.1, 0.15) is 27.9 Å². The quantitative estimate of drug-likeness (QED) is 0.755. The van der Waals surface area contributed by atoms with E-state index >= 15 is 0 Å². The zero-order valence-corrected chi connectivity index (χ0v) is 11.4. The minimum Gasteiger partial charge on any atom is -0.371 e. The van der Waals surface area contributed by atoms with E-state index in [1.165, 1.54) is 11.1 Å². The van der Waals surface area contributed by atoms with E-state index < -0.39 is 12.8 Å². The molecule has 1 unspecified atom stereocenters. The highest BCUT2D eigenvalue weighted by atomic mass is 79.9. The van der Waals surface area contributed by atoms with Crippen molar-refractivity contribution in [2.45, 2.75) is 30.3 Å². The number of alkyl halides is 4. The van der Waals surface area contributed by atoms with Gasteiger partial charge in [-0.05, 0) is 36.0 Å². The number of halogens is 4. The van der Waals surface area contributed by atoms with E-state index in [9.17, 15) is 13.2 Å². The summed E-state index contributed by atoms with van der Waals surface area (Å²) >= 11 is 3.37. The maximum atomic E-state index is 11.9. The summed E-state index contributed by atoms with van der Waals surface area (Å²) in [5, 5.41) is 0. The summed E-state index contributed by atoms with van der Waals surface area (Å²) in [7, 11) is 0. The van der Waals surface area contributed by atoms with E-state index in [0.29, 0.717) is 0 Å². The van der Waals surface area contributed by atoms with Crippen molar-refractivity contribution in [2.24, 2.45) is 0 Å². The SMILES string of the molecule is FC(F)(F)COCC(Br)c1ccc2c(c1)CCC2. The van der Waals surface area contributed by atoms with Crippen molar-refractivity contribution in [1.82, 2.24) is 0 Å². The highest BCUT2D eigenvalue weighted by Gasteiger charge is 2.28. The van der Waals surface area contributed by atoms with Gasteiger partial charge in [0.1, 0.15) is 6.61 Å². The molecular formula is C13H14BrF3O. The number of rotatable bonds is 4. The summed E-state index contributed by atoms with van der Waals surface area (Å²) in [5.74, 6) is 0. The van der Waals surface area contributed by atoms with Gasteiger partial charge in [0, 0.05) is 0 Å². The smallest absolute Gasteiger partial charge is 0.371 e. The number of aryl methyl sites for hydroxylation is 2. The molecule has 1 atom stereocenters. The molecule has 1 nitrogen and oxygen atoms in total. The zero-order chi connectivity index (χ0) is 13.2. The fourth-order valence-electron chi connectivity index (χ4n) is 2.16. The molecule has 0 radical (unpaired) electrons. The third kappa shape index (κ3) is 3.72. The van der Waals surface area contributed by atoms with Crippen LogP contribution >= 0.6 is 15.9 Å². The van der Waals surface area contributed by atoms with Crippen LogP contribution in [0.15, 0.2) is 18.2 Å². The standard InChI is InChI=1S/C13H14BrF3O/c14-12(7-18-8-13(15,16)17)11-5-4-9-2-1-3-10(9)6-11/h4-6,12H,1-3,7-8H2. The topological polar surface area (TPSA) is 9.23 Å². The van der Waals surface area contributed by atoms with Gasteiger partial charge >= 0.3 is 6.18 Å². The molecule has 0 aliphatic heterocycles. The van der Waals surface area contributed by atoms with Gasteiger partial charge in [0.25, 0.3) is 0 Å². The lowest BCUT2D eigenvalue weighted by molar-refractivity contribution is -0.173. The Bertz CT molecular complexity index is 417. The van der Waals surface area contributed by atoms with Gasteiger partial charge in [-0.1, -0.05) is 34.1 Å². The number of hydrogen-bond acceptors (Lipinski definition) is 1. The largest absolute Gasteiger partial charge is 0.411 e. The minimum atomic E-state index is -4.26. The molecule has 1 aliphatic rings. The number of fused-ring (bicyclic) bond motifs is 1. The predicted molar refractivity (Wildman–Crippen MR) is 67.0 cm³/mol. The molecule has 18 heavy (non-hydrogen) atoms. The van der Waals surface area contributed by atoms with E-state index in [-0.39, 0.29) is 11.4 Å². The van der Waals surface area contributed by atoms with Crippen LogP contribution in [0, 0.1) is 0 Å². The van der Waals surface area contributed by atoms with Crippen LogP contribution in [0.2, 0.25) is 0 Å². The fraction of sp³-hybridized carbons (Fsp3) is 0.538. The Hall–Kier alpha value is -0.550. The van der Waals surface area contributed by atoms with Crippen LogP contribution in [0.5, 0.6) is 0 Å². The first-order valence-corrected chi connectivity index (χ1v) is 6.77. The Morgan fingerprint density at radius 1 is 1.22 bits per heavy atom. The molecule has 0 saturated carbocycles. The van der Waals surface area contributed by atoms with Crippen LogP contribution in [0.4, 0.5) is 13.2 Å². The van der Waals surface area contributed by atoms with Gasteiger partial charge < -0.3 is 4.74 Å². The van der Waals surface area contributed by atoms with E-state index in [0.717, 1.165) is 24.8 Å². The summed E-state index contributed by atoms with van der Waals surface area (Å²) in [6.07, 6.45) is -0.930. The molecule has 0 heterocycles. The van der Waals surface area contributed by atoms with Crippen LogP contribution in [0.25, 0.3) is 0 Å². The zero-order valence-electron chi connectivity index (χ0n) is 9.77. The molecule has 0 N–H and O–H groups in total. The van der Waals surface area contributed by atoms with Gasteiger partial charge in [0.05, 0.1) is 11.4 Å². The predicted octanol–water partition coefficient (Wildman–Crippen LogP) is 4.19. The molecular weight excluding hydrogens is 309 g/mol. The average molecular weight is 323 g/mol. The van der Waals surface area contributed by atoms with Crippen LogP contribution in [-0.2, 0) is 17.6 Å². The molecule has 0 aromatic heterocycles. The third-order valence-corrected chi connectivity index (χ3v) is 3.81. The maximum absolute atomic E-state index is 11.9. The number of ether oxygens (including phenoxy) is 1. The lowest BCUT2D eigenvalue weighted by Gasteiger charge is -2.13. The summed E-state index contributed by atoms with van der Waals surface area (Å²) in [6.45, 7) is -1.17. The highest BCUT2D eigenvalue weighted by Crippen LogP contribution is 2.29. The minimum absolute atomic E-state index is 0.0261. The van der Waals surface area contributed by atoms with E-state index in [1.54, 1.807) is 0 Å². The van der Waals surface area contributed by atoms with E-state index in [1.807, 2.05) is 6.07 Å². The first-order chi connectivity index (χ1) is 8.46. The van der Waals surface area contributed by atoms with E-state index in [4.69, 9.17) is 0 Å². The van der Waals surface area contributed by atoms with Crippen LogP contribution in [0.3, 0.4) is 0 Å². The summed E-state index contributed by atoms with van der Waals surface area (Å²) < 4.78 is 40.5. The van der Waals surface area contributed by atoms with Crippen molar-refractivity contribution in [2.75, 3.05) is 13.2 Å². The Morgan fingerprint density at radius 2 is 1.94 bits per heavy atom. The molecule has 0 amide bonds. The lowest BCUT2D eigenvalue weighted by atomic mass is 10.0. The Kier molecular flexibility index (Phi) is 4.33. The Balaban J connectivity index is 1.91. The van der Waals surface area contributed by atoms with Gasteiger partial charge in [-0.15, -0.1) is 0 Å². The first-order valence-electron chi connectivity index (χ1n) is 5.86. The number of benzene rings is 1. The van der Waals surface area contributed by atoms with Crippen molar-refractivity contribution in [3.8, 4) is 0 Å². The second-order valence-electron chi connectivity index (χ2n) is 4.48. The van der Waals surface area contributed by atoms with Crippen molar-refractivity contribution in [3.63, 3.8) is 0 Å². The Labute approximate surface area is 112 Å². The normalized spacial score (nSPS) is 16.7. The highest BCUT2D eigenvalue weighted by molar-refractivity contribution is 9.09. The van der Waals surface area contributed by atoms with Gasteiger partial charge in [-0.2, -0.15) is 13.2 Å². The van der Waals surface area contributed by atoms with Gasteiger partial charge in [-0.25, -0.2) is 0 Å². The summed E-state index contributed by atoms with van der Waals surface area (Å²) in [6, 6.07) is 6.09. The molecule has 1 aromatic rings. The molecule has 100 valence electrons. The first kappa shape index (κ1) is 13.9. The summed E-state index contributed by atoms with van der Waals surface area (Å²) in [5.41, 5.74) is 3.65. The molecule has 1 aromatic carbocycles.